The largest absolute Gasteiger partial charge is 0.308 e. The average Bonchev–Trinajstić information content (AvgIpc) is 2.84. The number of aromatic nitrogens is 2. The van der Waals surface area contributed by atoms with Gasteiger partial charge in [-0.15, -0.1) is 0 Å². The standard InChI is InChI=1S/C17H18ClN3/c1-20(2)10-11-21-16-9-8-14(18)12-15(16)17(19-21)13-6-4-3-5-7-13/h3-9,12H,10-11H2,1-2H3. The molecule has 0 saturated carbocycles. The number of fused-ring (bicyclic) bond motifs is 1. The fourth-order valence-electron chi connectivity index (χ4n) is 2.43. The van der Waals surface area contributed by atoms with Crippen molar-refractivity contribution in [2.45, 2.75) is 6.54 Å². The highest BCUT2D eigenvalue weighted by Crippen LogP contribution is 2.29. The van der Waals surface area contributed by atoms with Gasteiger partial charge in [-0.2, -0.15) is 5.10 Å². The maximum absolute atomic E-state index is 6.17. The van der Waals surface area contributed by atoms with Gasteiger partial charge in [-0.3, -0.25) is 4.68 Å². The van der Waals surface area contributed by atoms with Gasteiger partial charge in [0.15, 0.2) is 0 Å². The SMILES string of the molecule is CN(C)CCn1nc(-c2ccccc2)c2cc(Cl)ccc21. The smallest absolute Gasteiger partial charge is 0.100 e. The van der Waals surface area contributed by atoms with Crippen LogP contribution in [0.4, 0.5) is 0 Å². The Kier molecular flexibility index (Phi) is 3.95. The molecule has 1 aromatic heterocycles. The van der Waals surface area contributed by atoms with E-state index < -0.39 is 0 Å². The minimum Gasteiger partial charge on any atom is -0.308 e. The van der Waals surface area contributed by atoms with E-state index in [1.54, 1.807) is 0 Å². The van der Waals surface area contributed by atoms with Crippen LogP contribution in [-0.2, 0) is 6.54 Å². The Morgan fingerprint density at radius 2 is 1.86 bits per heavy atom. The fraction of sp³-hybridized carbons (Fsp3) is 0.235. The minimum absolute atomic E-state index is 0.742. The zero-order valence-corrected chi connectivity index (χ0v) is 13.0. The zero-order chi connectivity index (χ0) is 14.8. The summed E-state index contributed by atoms with van der Waals surface area (Å²) in [5.74, 6) is 0. The van der Waals surface area contributed by atoms with E-state index in [2.05, 4.69) is 35.8 Å². The predicted molar refractivity (Wildman–Crippen MR) is 88.7 cm³/mol. The lowest BCUT2D eigenvalue weighted by Gasteiger charge is -2.09. The van der Waals surface area contributed by atoms with Crippen molar-refractivity contribution in [3.05, 3.63) is 53.6 Å². The van der Waals surface area contributed by atoms with Crippen molar-refractivity contribution in [3.8, 4) is 11.3 Å². The maximum Gasteiger partial charge on any atom is 0.100 e. The Labute approximate surface area is 129 Å². The van der Waals surface area contributed by atoms with Crippen molar-refractivity contribution in [2.24, 2.45) is 0 Å². The van der Waals surface area contributed by atoms with E-state index in [0.29, 0.717) is 0 Å². The van der Waals surface area contributed by atoms with Gasteiger partial charge in [-0.05, 0) is 32.3 Å². The summed E-state index contributed by atoms with van der Waals surface area (Å²) in [5.41, 5.74) is 3.24. The van der Waals surface area contributed by atoms with Crippen molar-refractivity contribution >= 4 is 22.5 Å². The van der Waals surface area contributed by atoms with Gasteiger partial charge < -0.3 is 4.90 Å². The summed E-state index contributed by atoms with van der Waals surface area (Å²) in [7, 11) is 4.14. The summed E-state index contributed by atoms with van der Waals surface area (Å²) < 4.78 is 2.06. The molecule has 3 nitrogen and oxygen atoms in total. The number of hydrogen-bond donors (Lipinski definition) is 0. The first-order valence-electron chi connectivity index (χ1n) is 7.01. The molecular formula is C17H18ClN3. The number of benzene rings is 2. The lowest BCUT2D eigenvalue weighted by atomic mass is 10.1. The summed E-state index contributed by atoms with van der Waals surface area (Å²) in [6.45, 7) is 1.81. The molecule has 0 aliphatic rings. The van der Waals surface area contributed by atoms with Crippen LogP contribution in [0.1, 0.15) is 0 Å². The van der Waals surface area contributed by atoms with Crippen LogP contribution in [0.15, 0.2) is 48.5 Å². The van der Waals surface area contributed by atoms with E-state index in [4.69, 9.17) is 16.7 Å². The quantitative estimate of drug-likeness (QED) is 0.728. The number of rotatable bonds is 4. The van der Waals surface area contributed by atoms with Gasteiger partial charge in [0.05, 0.1) is 12.1 Å². The molecule has 0 amide bonds. The third kappa shape index (κ3) is 2.94. The molecule has 0 fully saturated rings. The van der Waals surface area contributed by atoms with Gasteiger partial charge in [0.1, 0.15) is 5.69 Å². The van der Waals surface area contributed by atoms with Crippen LogP contribution in [-0.4, -0.2) is 35.3 Å². The number of likely N-dealkylation sites (N-methyl/N-ethyl adjacent to an activating group) is 1. The van der Waals surface area contributed by atoms with Crippen molar-refractivity contribution in [1.29, 1.82) is 0 Å². The molecule has 0 bridgehead atoms. The van der Waals surface area contributed by atoms with Crippen molar-refractivity contribution < 1.29 is 0 Å². The average molecular weight is 300 g/mol. The summed E-state index contributed by atoms with van der Waals surface area (Å²) >= 11 is 6.17. The molecule has 2 aromatic carbocycles. The number of hydrogen-bond acceptors (Lipinski definition) is 2. The molecule has 0 N–H and O–H groups in total. The molecule has 0 radical (unpaired) electrons. The van der Waals surface area contributed by atoms with Gasteiger partial charge in [0.2, 0.25) is 0 Å². The van der Waals surface area contributed by atoms with Crippen LogP contribution in [0.2, 0.25) is 5.02 Å². The Balaban J connectivity index is 2.13. The maximum atomic E-state index is 6.17. The van der Waals surface area contributed by atoms with Gasteiger partial charge in [-0.25, -0.2) is 0 Å². The normalized spacial score (nSPS) is 11.4. The summed E-state index contributed by atoms with van der Waals surface area (Å²) in [6, 6.07) is 16.2. The lowest BCUT2D eigenvalue weighted by molar-refractivity contribution is 0.377. The lowest BCUT2D eigenvalue weighted by Crippen LogP contribution is -2.18. The Bertz CT molecular complexity index is 747. The van der Waals surface area contributed by atoms with Crippen molar-refractivity contribution in [2.75, 3.05) is 20.6 Å². The molecule has 0 saturated heterocycles. The molecule has 108 valence electrons. The molecule has 3 rings (SSSR count). The van der Waals surface area contributed by atoms with Gasteiger partial charge >= 0.3 is 0 Å². The fourth-order valence-corrected chi connectivity index (χ4v) is 2.60. The van der Waals surface area contributed by atoms with Crippen molar-refractivity contribution in [3.63, 3.8) is 0 Å². The molecule has 0 unspecified atom stereocenters. The highest BCUT2D eigenvalue weighted by Gasteiger charge is 2.12. The molecule has 0 aliphatic heterocycles. The first kappa shape index (κ1) is 14.1. The van der Waals surface area contributed by atoms with Gasteiger partial charge in [0, 0.05) is 22.5 Å². The van der Waals surface area contributed by atoms with E-state index in [9.17, 15) is 0 Å². The molecule has 0 spiro atoms. The second-order valence-corrected chi connectivity index (χ2v) is 5.84. The molecule has 4 heteroatoms. The first-order valence-corrected chi connectivity index (χ1v) is 7.39. The van der Waals surface area contributed by atoms with Crippen LogP contribution in [0.3, 0.4) is 0 Å². The van der Waals surface area contributed by atoms with Gasteiger partial charge in [0.25, 0.3) is 0 Å². The second kappa shape index (κ2) is 5.88. The van der Waals surface area contributed by atoms with E-state index in [1.807, 2.05) is 36.4 Å². The summed E-state index contributed by atoms with van der Waals surface area (Å²) in [6.07, 6.45) is 0. The third-order valence-electron chi connectivity index (χ3n) is 3.52. The molecule has 21 heavy (non-hydrogen) atoms. The first-order chi connectivity index (χ1) is 10.1. The molecule has 0 aliphatic carbocycles. The van der Waals surface area contributed by atoms with Crippen molar-refractivity contribution in [1.82, 2.24) is 14.7 Å². The molecule has 0 atom stereocenters. The molecule has 1 heterocycles. The number of halogens is 1. The van der Waals surface area contributed by atoms with E-state index >= 15 is 0 Å². The monoisotopic (exact) mass is 299 g/mol. The van der Waals surface area contributed by atoms with Crippen LogP contribution in [0, 0.1) is 0 Å². The van der Waals surface area contributed by atoms with E-state index in [1.165, 1.54) is 0 Å². The van der Waals surface area contributed by atoms with Crippen LogP contribution >= 0.6 is 11.6 Å². The summed E-state index contributed by atoms with van der Waals surface area (Å²) in [5, 5.41) is 6.65. The van der Waals surface area contributed by atoms with E-state index in [0.717, 1.165) is 40.3 Å². The second-order valence-electron chi connectivity index (χ2n) is 5.40. The van der Waals surface area contributed by atoms with E-state index in [-0.39, 0.29) is 0 Å². The molecular weight excluding hydrogens is 282 g/mol. The zero-order valence-electron chi connectivity index (χ0n) is 12.3. The number of nitrogens with zero attached hydrogens (tertiary/aromatic N) is 3. The Morgan fingerprint density at radius 1 is 1.10 bits per heavy atom. The topological polar surface area (TPSA) is 21.1 Å². The Morgan fingerprint density at radius 3 is 2.57 bits per heavy atom. The highest BCUT2D eigenvalue weighted by atomic mass is 35.5. The highest BCUT2D eigenvalue weighted by molar-refractivity contribution is 6.31. The third-order valence-corrected chi connectivity index (χ3v) is 3.75. The summed E-state index contributed by atoms with van der Waals surface area (Å²) in [4.78, 5) is 2.16. The molecule has 3 aromatic rings. The Hall–Kier alpha value is -1.84. The van der Waals surface area contributed by atoms with Crippen LogP contribution in [0.5, 0.6) is 0 Å². The van der Waals surface area contributed by atoms with Gasteiger partial charge in [-0.1, -0.05) is 41.9 Å². The minimum atomic E-state index is 0.742. The predicted octanol–water partition coefficient (Wildman–Crippen LogP) is 3.92. The van der Waals surface area contributed by atoms with Crippen LogP contribution < -0.4 is 0 Å². The van der Waals surface area contributed by atoms with Crippen LogP contribution in [0.25, 0.3) is 22.2 Å².